The molecule has 2 heterocycles. The third-order valence-corrected chi connectivity index (χ3v) is 3.06. The van der Waals surface area contributed by atoms with Crippen LogP contribution in [-0.4, -0.2) is 51.7 Å². The molecule has 1 aliphatic heterocycles. The van der Waals surface area contributed by atoms with Gasteiger partial charge in [0.05, 0.1) is 13.7 Å². The van der Waals surface area contributed by atoms with Crippen molar-refractivity contribution in [3.8, 4) is 0 Å². The molecule has 3 atom stereocenters. The van der Waals surface area contributed by atoms with Crippen molar-refractivity contribution >= 4 is 5.97 Å². The molecule has 21 heavy (non-hydrogen) atoms. The fourth-order valence-electron chi connectivity index (χ4n) is 2.04. The van der Waals surface area contributed by atoms with Crippen LogP contribution in [0.3, 0.4) is 0 Å². The Morgan fingerprint density at radius 1 is 1.57 bits per heavy atom. The highest BCUT2D eigenvalue weighted by Crippen LogP contribution is 2.32. The van der Waals surface area contributed by atoms with E-state index in [0.717, 1.165) is 22.9 Å². The minimum absolute atomic E-state index is 0.0902. The second-order valence-corrected chi connectivity index (χ2v) is 4.33. The first-order chi connectivity index (χ1) is 9.97. The predicted molar refractivity (Wildman–Crippen MR) is 68.4 cm³/mol. The van der Waals surface area contributed by atoms with Crippen molar-refractivity contribution in [1.82, 2.24) is 9.55 Å². The van der Waals surface area contributed by atoms with Gasteiger partial charge in [0.1, 0.15) is 12.2 Å². The quantitative estimate of drug-likeness (QED) is 0.430. The molecule has 1 aromatic rings. The molecule has 1 saturated heterocycles. The number of hydrogen-bond acceptors (Lipinski definition) is 7. The Balaban J connectivity index is 2.40. The monoisotopic (exact) mass is 298 g/mol. The normalized spacial score (nSPS) is 27.0. The number of H-pyrrole nitrogens is 1. The van der Waals surface area contributed by atoms with Gasteiger partial charge in [-0.2, -0.15) is 0 Å². The smallest absolute Gasteiger partial charge is 0.330 e. The zero-order valence-corrected chi connectivity index (χ0v) is 11.1. The topological polar surface area (TPSA) is 131 Å². The molecule has 114 valence electrons. The molecule has 0 bridgehead atoms. The van der Waals surface area contributed by atoms with Gasteiger partial charge in [0.15, 0.2) is 6.23 Å². The third kappa shape index (κ3) is 2.94. The predicted octanol–water partition coefficient (Wildman–Crippen LogP) is -2.11. The van der Waals surface area contributed by atoms with E-state index in [4.69, 9.17) is 4.74 Å². The van der Waals surface area contributed by atoms with Crippen molar-refractivity contribution in [2.45, 2.75) is 18.4 Å². The van der Waals surface area contributed by atoms with Crippen molar-refractivity contribution in [2.24, 2.45) is 0 Å². The minimum Gasteiger partial charge on any atom is -0.466 e. The number of aromatic nitrogens is 2. The summed E-state index contributed by atoms with van der Waals surface area (Å²) in [5.41, 5.74) is -1.28. The van der Waals surface area contributed by atoms with Gasteiger partial charge in [-0.25, -0.2) is 9.59 Å². The molecule has 0 amide bonds. The molecule has 9 nitrogen and oxygen atoms in total. The van der Waals surface area contributed by atoms with E-state index in [-0.39, 0.29) is 5.57 Å². The number of aromatic amines is 1. The van der Waals surface area contributed by atoms with Crippen LogP contribution in [-0.2, 0) is 14.3 Å². The fourth-order valence-corrected chi connectivity index (χ4v) is 2.04. The summed E-state index contributed by atoms with van der Waals surface area (Å²) in [6, 6.07) is 1.09. The average molecular weight is 298 g/mol. The van der Waals surface area contributed by atoms with Crippen LogP contribution in [0.5, 0.6) is 0 Å². The van der Waals surface area contributed by atoms with Crippen molar-refractivity contribution < 1.29 is 24.5 Å². The summed E-state index contributed by atoms with van der Waals surface area (Å²) in [4.78, 5) is 36.0. The van der Waals surface area contributed by atoms with Crippen molar-refractivity contribution in [3.63, 3.8) is 0 Å². The van der Waals surface area contributed by atoms with E-state index in [1.165, 1.54) is 7.11 Å². The number of rotatable bonds is 3. The van der Waals surface area contributed by atoms with Gasteiger partial charge < -0.3 is 19.7 Å². The Labute approximate surface area is 118 Å². The van der Waals surface area contributed by atoms with Gasteiger partial charge in [-0.05, 0) is 0 Å². The first kappa shape index (κ1) is 15.2. The molecular weight excluding hydrogens is 284 g/mol. The van der Waals surface area contributed by atoms with Gasteiger partial charge in [0.25, 0.3) is 5.56 Å². The number of methoxy groups -OCH3 is 1. The van der Waals surface area contributed by atoms with Crippen LogP contribution in [0.1, 0.15) is 6.23 Å². The van der Waals surface area contributed by atoms with E-state index >= 15 is 0 Å². The van der Waals surface area contributed by atoms with Crippen molar-refractivity contribution in [2.75, 3.05) is 13.7 Å². The van der Waals surface area contributed by atoms with Gasteiger partial charge in [0, 0.05) is 23.9 Å². The molecule has 0 aliphatic carbocycles. The lowest BCUT2D eigenvalue weighted by Crippen LogP contribution is -2.35. The Kier molecular flexibility index (Phi) is 4.36. The summed E-state index contributed by atoms with van der Waals surface area (Å²) in [6.45, 7) is -0.492. The first-order valence-corrected chi connectivity index (χ1v) is 6.03. The zero-order valence-electron chi connectivity index (χ0n) is 11.1. The molecule has 0 spiro atoms. The number of ether oxygens (including phenoxy) is 2. The Morgan fingerprint density at radius 2 is 2.29 bits per heavy atom. The summed E-state index contributed by atoms with van der Waals surface area (Å²) in [7, 11) is 1.17. The molecule has 1 aliphatic rings. The van der Waals surface area contributed by atoms with Crippen molar-refractivity contribution in [1.29, 1.82) is 0 Å². The summed E-state index contributed by atoms with van der Waals surface area (Å²) in [6.07, 6.45) is -1.30. The van der Waals surface area contributed by atoms with Crippen LogP contribution in [0, 0.1) is 0 Å². The number of nitrogens with zero attached hydrogens (tertiary/aromatic N) is 1. The highest BCUT2D eigenvalue weighted by molar-refractivity contribution is 5.83. The first-order valence-electron chi connectivity index (χ1n) is 6.03. The van der Waals surface area contributed by atoms with E-state index in [1.54, 1.807) is 0 Å². The number of hydrogen-bond donors (Lipinski definition) is 3. The van der Waals surface area contributed by atoms with E-state index in [9.17, 15) is 24.6 Å². The number of carbonyl (C=O) groups excluding carboxylic acids is 1. The number of nitrogens with one attached hydrogen (secondary N) is 1. The van der Waals surface area contributed by atoms with Gasteiger partial charge in [-0.15, -0.1) is 0 Å². The summed E-state index contributed by atoms with van der Waals surface area (Å²) >= 11 is 0. The molecule has 3 N–H and O–H groups in total. The second kappa shape index (κ2) is 6.04. The zero-order chi connectivity index (χ0) is 15.6. The lowest BCUT2D eigenvalue weighted by Gasteiger charge is -2.16. The summed E-state index contributed by atoms with van der Waals surface area (Å²) in [5, 5.41) is 19.4. The highest BCUT2D eigenvalue weighted by Gasteiger charge is 2.40. The van der Waals surface area contributed by atoms with Crippen LogP contribution in [0.2, 0.25) is 0 Å². The van der Waals surface area contributed by atoms with Crippen LogP contribution in [0.4, 0.5) is 0 Å². The van der Waals surface area contributed by atoms with Crippen LogP contribution in [0.15, 0.2) is 33.5 Å². The standard InChI is InChI=1S/C12H14N2O7/c1-20-9(17)4-6-7(5-15)21-11(10(6)18)14-3-2-8(16)13-12(14)19/h2-4,7,10-11,15,18H,5H2,1H3,(H,13,16,19)/b6-4-/t7-,10-,11-/m1/s1. The maximum atomic E-state index is 11.7. The van der Waals surface area contributed by atoms with Gasteiger partial charge in [-0.1, -0.05) is 0 Å². The fraction of sp³-hybridized carbons (Fsp3) is 0.417. The molecule has 0 unspecified atom stereocenters. The van der Waals surface area contributed by atoms with Crippen LogP contribution < -0.4 is 11.2 Å². The van der Waals surface area contributed by atoms with Crippen LogP contribution in [0.25, 0.3) is 0 Å². The van der Waals surface area contributed by atoms with E-state index in [0.29, 0.717) is 0 Å². The SMILES string of the molecule is COC(=O)/C=C1\[C@@H](O)[C@H](n2ccc(=O)[nH]c2=O)O[C@@H]1CO. The molecule has 0 saturated carbocycles. The Bertz CT molecular complexity index is 675. The molecule has 1 aromatic heterocycles. The average Bonchev–Trinajstić information content (AvgIpc) is 2.76. The van der Waals surface area contributed by atoms with E-state index < -0.39 is 42.3 Å². The number of carbonyl (C=O) groups is 1. The minimum atomic E-state index is -1.34. The molecular formula is C12H14N2O7. The Hall–Kier alpha value is -2.23. The maximum Gasteiger partial charge on any atom is 0.330 e. The number of aliphatic hydroxyl groups is 2. The Morgan fingerprint density at radius 3 is 2.86 bits per heavy atom. The lowest BCUT2D eigenvalue weighted by molar-refractivity contribution is -0.135. The van der Waals surface area contributed by atoms with Crippen molar-refractivity contribution in [3.05, 3.63) is 44.8 Å². The maximum absolute atomic E-state index is 11.7. The van der Waals surface area contributed by atoms with Gasteiger partial charge in [-0.3, -0.25) is 14.3 Å². The highest BCUT2D eigenvalue weighted by atomic mass is 16.5. The molecule has 9 heteroatoms. The molecule has 0 aromatic carbocycles. The summed E-state index contributed by atoms with van der Waals surface area (Å²) < 4.78 is 10.8. The largest absolute Gasteiger partial charge is 0.466 e. The van der Waals surface area contributed by atoms with Crippen LogP contribution >= 0.6 is 0 Å². The van der Waals surface area contributed by atoms with E-state index in [1.807, 2.05) is 4.98 Å². The second-order valence-electron chi connectivity index (χ2n) is 4.33. The lowest BCUT2D eigenvalue weighted by atomic mass is 10.1. The number of aliphatic hydroxyl groups excluding tert-OH is 2. The third-order valence-electron chi connectivity index (χ3n) is 3.06. The van der Waals surface area contributed by atoms with E-state index in [2.05, 4.69) is 4.74 Å². The molecule has 1 fully saturated rings. The number of esters is 1. The van der Waals surface area contributed by atoms with Gasteiger partial charge in [0.2, 0.25) is 0 Å². The molecule has 0 radical (unpaired) electrons. The molecule has 2 rings (SSSR count). The van der Waals surface area contributed by atoms with Gasteiger partial charge >= 0.3 is 11.7 Å². The summed E-state index contributed by atoms with van der Waals surface area (Å²) in [5.74, 6) is -0.722.